The molecule has 1 aromatic carbocycles. The fourth-order valence-electron chi connectivity index (χ4n) is 1.11. The van der Waals surface area contributed by atoms with Crippen LogP contribution in [0.1, 0.15) is 26.7 Å². The molecule has 1 rings (SSSR count). The predicted molar refractivity (Wildman–Crippen MR) is 73.7 cm³/mol. The molecule has 0 saturated carbocycles. The summed E-state index contributed by atoms with van der Waals surface area (Å²) < 4.78 is 23.3. The number of para-hydroxylation sites is 1. The Balaban J connectivity index is 2.65. The van der Waals surface area contributed by atoms with E-state index < -0.39 is 6.80 Å². The molecule has 0 aliphatic carbocycles. The summed E-state index contributed by atoms with van der Waals surface area (Å²) in [4.78, 5) is 0. The first kappa shape index (κ1) is 14.6. The molecular weight excluding hydrogens is 255 g/mol. The van der Waals surface area contributed by atoms with Crippen LogP contribution in [0.15, 0.2) is 30.3 Å². The molecule has 0 spiro atoms. The van der Waals surface area contributed by atoms with E-state index in [-0.39, 0.29) is 0 Å². The molecule has 96 valence electrons. The Kier molecular flexibility index (Phi) is 6.71. The van der Waals surface area contributed by atoms with Crippen LogP contribution in [0.2, 0.25) is 0 Å². The molecule has 1 atom stereocenters. The van der Waals surface area contributed by atoms with Crippen LogP contribution >= 0.6 is 18.2 Å². The van der Waals surface area contributed by atoms with Gasteiger partial charge in [0.25, 0.3) is 0 Å². The summed E-state index contributed by atoms with van der Waals surface area (Å²) in [6.45, 7) is 1.43. The zero-order chi connectivity index (χ0) is 12.6. The lowest BCUT2D eigenvalue weighted by molar-refractivity contribution is 0.280. The summed E-state index contributed by atoms with van der Waals surface area (Å²) >= 11 is 1.27. The predicted octanol–water partition coefficient (Wildman–Crippen LogP) is 4.74. The number of benzene rings is 1. The second kappa shape index (κ2) is 7.80. The molecule has 0 radical (unpaired) electrons. The highest BCUT2D eigenvalue weighted by atomic mass is 32.7. The molecule has 0 heterocycles. The van der Waals surface area contributed by atoms with Crippen LogP contribution in [0.4, 0.5) is 0 Å². The number of hydrogen-bond acceptors (Lipinski definition) is 4. The van der Waals surface area contributed by atoms with Crippen LogP contribution in [0.5, 0.6) is 5.75 Å². The van der Waals surface area contributed by atoms with Gasteiger partial charge in [-0.2, -0.15) is 0 Å². The molecular formula is C12H19O3PS. The van der Waals surface area contributed by atoms with Crippen molar-refractivity contribution in [2.24, 2.45) is 0 Å². The Hall–Kier alpha value is -0.440. The molecule has 3 nitrogen and oxygen atoms in total. The highest BCUT2D eigenvalue weighted by molar-refractivity contribution is 8.55. The van der Waals surface area contributed by atoms with Crippen LogP contribution in [-0.2, 0) is 9.09 Å². The number of rotatable bonds is 8. The van der Waals surface area contributed by atoms with E-state index in [0.29, 0.717) is 12.4 Å². The Bertz CT molecular complexity index is 344. The van der Waals surface area contributed by atoms with Gasteiger partial charge in [0, 0.05) is 5.75 Å². The van der Waals surface area contributed by atoms with Crippen LogP contribution < -0.4 is 4.52 Å². The molecule has 0 amide bonds. The van der Waals surface area contributed by atoms with Gasteiger partial charge in [-0.05, 0) is 36.4 Å². The van der Waals surface area contributed by atoms with Crippen molar-refractivity contribution in [1.82, 2.24) is 0 Å². The molecule has 0 aliphatic heterocycles. The van der Waals surface area contributed by atoms with Gasteiger partial charge >= 0.3 is 6.80 Å². The van der Waals surface area contributed by atoms with E-state index in [1.807, 2.05) is 32.0 Å². The van der Waals surface area contributed by atoms with Gasteiger partial charge in [0.05, 0.1) is 6.61 Å². The van der Waals surface area contributed by atoms with Crippen molar-refractivity contribution in [3.63, 3.8) is 0 Å². The molecule has 17 heavy (non-hydrogen) atoms. The SMILES string of the molecule is CCCOP(=O)(Oc1ccccc1)SCCC. The van der Waals surface area contributed by atoms with Gasteiger partial charge in [0.15, 0.2) is 0 Å². The Morgan fingerprint density at radius 1 is 1.18 bits per heavy atom. The third-order valence-corrected chi connectivity index (χ3v) is 5.74. The lowest BCUT2D eigenvalue weighted by Crippen LogP contribution is -1.97. The van der Waals surface area contributed by atoms with Crippen LogP contribution in [0, 0.1) is 0 Å². The van der Waals surface area contributed by atoms with Crippen LogP contribution in [-0.4, -0.2) is 12.4 Å². The minimum atomic E-state index is -3.06. The zero-order valence-electron chi connectivity index (χ0n) is 10.3. The van der Waals surface area contributed by atoms with Crippen molar-refractivity contribution in [2.45, 2.75) is 26.7 Å². The molecule has 0 aliphatic rings. The van der Waals surface area contributed by atoms with E-state index in [9.17, 15) is 4.57 Å². The maximum Gasteiger partial charge on any atom is 0.440 e. The smallest absolute Gasteiger partial charge is 0.417 e. The molecule has 1 unspecified atom stereocenters. The van der Waals surface area contributed by atoms with Crippen molar-refractivity contribution in [1.29, 1.82) is 0 Å². The third kappa shape index (κ3) is 5.62. The molecule has 0 N–H and O–H groups in total. The van der Waals surface area contributed by atoms with E-state index in [0.717, 1.165) is 18.6 Å². The van der Waals surface area contributed by atoms with Crippen molar-refractivity contribution < 1.29 is 13.6 Å². The summed E-state index contributed by atoms with van der Waals surface area (Å²) in [5, 5.41) is 0. The van der Waals surface area contributed by atoms with Crippen molar-refractivity contribution in [3.8, 4) is 5.75 Å². The van der Waals surface area contributed by atoms with E-state index in [1.54, 1.807) is 12.1 Å². The number of hydrogen-bond donors (Lipinski definition) is 0. The minimum absolute atomic E-state index is 0.459. The Morgan fingerprint density at radius 3 is 2.47 bits per heavy atom. The summed E-state index contributed by atoms with van der Waals surface area (Å²) in [6, 6.07) is 9.17. The zero-order valence-corrected chi connectivity index (χ0v) is 12.0. The highest BCUT2D eigenvalue weighted by Crippen LogP contribution is 2.60. The fourth-order valence-corrected chi connectivity index (χ4v) is 4.56. The molecule has 0 aromatic heterocycles. The van der Waals surface area contributed by atoms with Crippen LogP contribution in [0.3, 0.4) is 0 Å². The average molecular weight is 274 g/mol. The first-order valence-electron chi connectivity index (χ1n) is 5.84. The standard InChI is InChI=1S/C12H19O3PS/c1-3-10-14-16(13,17-11-4-2)15-12-8-6-5-7-9-12/h5-9H,3-4,10-11H2,1-2H3. The summed E-state index contributed by atoms with van der Waals surface area (Å²) in [6.07, 6.45) is 1.77. The van der Waals surface area contributed by atoms with E-state index in [4.69, 9.17) is 9.05 Å². The average Bonchev–Trinajstić information content (AvgIpc) is 2.35. The maximum atomic E-state index is 12.4. The summed E-state index contributed by atoms with van der Waals surface area (Å²) in [7, 11) is 0. The minimum Gasteiger partial charge on any atom is -0.417 e. The topological polar surface area (TPSA) is 35.5 Å². The van der Waals surface area contributed by atoms with Gasteiger partial charge in [-0.15, -0.1) is 0 Å². The van der Waals surface area contributed by atoms with Gasteiger partial charge in [0.1, 0.15) is 5.75 Å². The molecule has 0 fully saturated rings. The largest absolute Gasteiger partial charge is 0.440 e. The van der Waals surface area contributed by atoms with Gasteiger partial charge < -0.3 is 4.52 Å². The summed E-state index contributed by atoms with van der Waals surface area (Å²) in [5.74, 6) is 1.36. The first-order chi connectivity index (χ1) is 8.20. The molecule has 0 bridgehead atoms. The third-order valence-electron chi connectivity index (χ3n) is 1.87. The monoisotopic (exact) mass is 274 g/mol. The van der Waals surface area contributed by atoms with Gasteiger partial charge in [-0.25, -0.2) is 4.57 Å². The van der Waals surface area contributed by atoms with Crippen molar-refractivity contribution in [2.75, 3.05) is 12.4 Å². The molecule has 0 saturated heterocycles. The van der Waals surface area contributed by atoms with Crippen LogP contribution in [0.25, 0.3) is 0 Å². The normalized spacial score (nSPS) is 14.2. The van der Waals surface area contributed by atoms with E-state index in [2.05, 4.69) is 0 Å². The first-order valence-corrected chi connectivity index (χ1v) is 8.97. The second-order valence-corrected chi connectivity index (χ2v) is 7.64. The quantitative estimate of drug-likeness (QED) is 0.641. The highest BCUT2D eigenvalue weighted by Gasteiger charge is 2.26. The lowest BCUT2D eigenvalue weighted by Gasteiger charge is -2.17. The molecule has 1 aromatic rings. The molecule has 5 heteroatoms. The summed E-state index contributed by atoms with van der Waals surface area (Å²) in [5.41, 5.74) is 0. The van der Waals surface area contributed by atoms with E-state index >= 15 is 0 Å². The van der Waals surface area contributed by atoms with Gasteiger partial charge in [-0.3, -0.25) is 4.52 Å². The van der Waals surface area contributed by atoms with Crippen molar-refractivity contribution >= 4 is 18.2 Å². The van der Waals surface area contributed by atoms with Gasteiger partial charge in [0.2, 0.25) is 0 Å². The van der Waals surface area contributed by atoms with Gasteiger partial charge in [-0.1, -0.05) is 32.0 Å². The van der Waals surface area contributed by atoms with Crippen molar-refractivity contribution in [3.05, 3.63) is 30.3 Å². The Morgan fingerprint density at radius 2 is 1.88 bits per heavy atom. The Labute approximate surface area is 107 Å². The fraction of sp³-hybridized carbons (Fsp3) is 0.500. The second-order valence-electron chi connectivity index (χ2n) is 3.52. The maximum absolute atomic E-state index is 12.4. The van der Waals surface area contributed by atoms with E-state index in [1.165, 1.54) is 11.4 Å². The lowest BCUT2D eigenvalue weighted by atomic mass is 10.3.